The largest absolute Gasteiger partial charge is 0.365 e. The monoisotopic (exact) mass is 324 g/mol. The zero-order valence-corrected chi connectivity index (χ0v) is 13.5. The molecule has 3 N–H and O–H groups in total. The van der Waals surface area contributed by atoms with Gasteiger partial charge in [0.15, 0.2) is 0 Å². The Kier molecular flexibility index (Phi) is 6.52. The van der Waals surface area contributed by atoms with Gasteiger partial charge in [0.1, 0.15) is 6.54 Å². The highest BCUT2D eigenvalue weighted by Crippen LogP contribution is 2.05. The molecular formula is C18H20N4O2. The Morgan fingerprint density at radius 3 is 1.88 bits per heavy atom. The minimum Gasteiger partial charge on any atom is -0.365 e. The third-order valence-electron chi connectivity index (χ3n) is 3.08. The van der Waals surface area contributed by atoms with E-state index in [1.54, 1.807) is 19.1 Å². The molecular weight excluding hydrogens is 304 g/mol. The first-order valence-electron chi connectivity index (χ1n) is 7.58. The number of amidine groups is 1. The van der Waals surface area contributed by atoms with Crippen LogP contribution in [0.15, 0.2) is 65.7 Å². The summed E-state index contributed by atoms with van der Waals surface area (Å²) in [5.41, 5.74) is 1.46. The van der Waals surface area contributed by atoms with E-state index in [9.17, 15) is 9.59 Å². The van der Waals surface area contributed by atoms with Gasteiger partial charge in [-0.05, 0) is 31.2 Å². The van der Waals surface area contributed by atoms with Gasteiger partial charge in [-0.2, -0.15) is 0 Å². The highest BCUT2D eigenvalue weighted by molar-refractivity contribution is 5.96. The first kappa shape index (κ1) is 17.2. The van der Waals surface area contributed by atoms with Gasteiger partial charge in [-0.1, -0.05) is 36.4 Å². The van der Waals surface area contributed by atoms with Crippen molar-refractivity contribution in [3.63, 3.8) is 0 Å². The van der Waals surface area contributed by atoms with Crippen molar-refractivity contribution in [1.82, 2.24) is 5.32 Å². The minimum atomic E-state index is -0.212. The maximum atomic E-state index is 11.8. The topological polar surface area (TPSA) is 82.6 Å². The number of hydrogen-bond donors (Lipinski definition) is 3. The molecule has 2 amide bonds. The van der Waals surface area contributed by atoms with E-state index in [-0.39, 0.29) is 24.9 Å². The molecule has 124 valence electrons. The summed E-state index contributed by atoms with van der Waals surface area (Å²) in [6.07, 6.45) is 0. The SMILES string of the molecule is CC(=NCC(=O)Nc1ccccc1)NCC(=O)Nc1ccccc1. The van der Waals surface area contributed by atoms with Crippen LogP contribution in [0.5, 0.6) is 0 Å². The Balaban J connectivity index is 1.71. The van der Waals surface area contributed by atoms with Crippen molar-refractivity contribution in [2.24, 2.45) is 4.99 Å². The second-order valence-corrected chi connectivity index (χ2v) is 5.08. The van der Waals surface area contributed by atoms with Crippen molar-refractivity contribution in [3.8, 4) is 0 Å². The summed E-state index contributed by atoms with van der Waals surface area (Å²) in [5.74, 6) is 0.141. The summed E-state index contributed by atoms with van der Waals surface area (Å²) in [6.45, 7) is 1.80. The van der Waals surface area contributed by atoms with E-state index in [0.717, 1.165) is 11.4 Å². The Bertz CT molecular complexity index is 699. The van der Waals surface area contributed by atoms with Crippen LogP contribution in [-0.2, 0) is 9.59 Å². The lowest BCUT2D eigenvalue weighted by molar-refractivity contribution is -0.115. The highest BCUT2D eigenvalue weighted by Gasteiger charge is 2.03. The predicted molar refractivity (Wildman–Crippen MR) is 96.1 cm³/mol. The summed E-state index contributed by atoms with van der Waals surface area (Å²) in [4.78, 5) is 27.7. The molecule has 2 rings (SSSR count). The molecule has 0 heterocycles. The normalized spacial score (nSPS) is 10.8. The molecule has 6 heteroatoms. The minimum absolute atomic E-state index is 0.00592. The van der Waals surface area contributed by atoms with Crippen LogP contribution in [0.3, 0.4) is 0 Å². The van der Waals surface area contributed by atoms with Crippen LogP contribution < -0.4 is 16.0 Å². The number of carbonyl (C=O) groups is 2. The van der Waals surface area contributed by atoms with E-state index in [4.69, 9.17) is 0 Å². The molecule has 0 aromatic heterocycles. The van der Waals surface area contributed by atoms with Crippen LogP contribution >= 0.6 is 0 Å². The Labute approximate surface area is 141 Å². The molecule has 0 unspecified atom stereocenters. The third-order valence-corrected chi connectivity index (χ3v) is 3.08. The first-order valence-corrected chi connectivity index (χ1v) is 7.58. The quantitative estimate of drug-likeness (QED) is 0.563. The van der Waals surface area contributed by atoms with Crippen molar-refractivity contribution in [2.45, 2.75) is 6.92 Å². The molecule has 0 saturated heterocycles. The number of anilines is 2. The molecule has 0 atom stereocenters. The van der Waals surface area contributed by atoms with Crippen LogP contribution in [0.25, 0.3) is 0 Å². The number of hydrogen-bond acceptors (Lipinski definition) is 3. The van der Waals surface area contributed by atoms with E-state index < -0.39 is 0 Å². The first-order chi connectivity index (χ1) is 11.6. The van der Waals surface area contributed by atoms with Crippen molar-refractivity contribution in [1.29, 1.82) is 0 Å². The van der Waals surface area contributed by atoms with Crippen molar-refractivity contribution >= 4 is 29.0 Å². The van der Waals surface area contributed by atoms with Crippen LogP contribution in [-0.4, -0.2) is 30.7 Å². The molecule has 0 spiro atoms. The smallest absolute Gasteiger partial charge is 0.246 e. The molecule has 0 saturated carbocycles. The Hall–Kier alpha value is -3.15. The number of aliphatic imine (C=N–C) groups is 1. The summed E-state index contributed by atoms with van der Waals surface area (Å²) in [6, 6.07) is 18.4. The highest BCUT2D eigenvalue weighted by atomic mass is 16.2. The fourth-order valence-corrected chi connectivity index (χ4v) is 1.90. The van der Waals surface area contributed by atoms with Crippen LogP contribution in [0, 0.1) is 0 Å². The van der Waals surface area contributed by atoms with Gasteiger partial charge in [0.25, 0.3) is 0 Å². The summed E-state index contributed by atoms with van der Waals surface area (Å²) in [7, 11) is 0. The maximum absolute atomic E-state index is 11.8. The summed E-state index contributed by atoms with van der Waals surface area (Å²) < 4.78 is 0. The summed E-state index contributed by atoms with van der Waals surface area (Å²) >= 11 is 0. The van der Waals surface area contributed by atoms with Crippen molar-refractivity contribution < 1.29 is 9.59 Å². The molecule has 0 aliphatic rings. The number of nitrogens with zero attached hydrogens (tertiary/aromatic N) is 1. The molecule has 0 aliphatic heterocycles. The second kappa shape index (κ2) is 9.09. The van der Waals surface area contributed by atoms with Gasteiger partial charge in [-0.3, -0.25) is 14.6 Å². The lowest BCUT2D eigenvalue weighted by Crippen LogP contribution is -2.32. The molecule has 24 heavy (non-hydrogen) atoms. The van der Waals surface area contributed by atoms with E-state index >= 15 is 0 Å². The molecule has 2 aromatic rings. The van der Waals surface area contributed by atoms with Gasteiger partial charge < -0.3 is 16.0 Å². The fourth-order valence-electron chi connectivity index (χ4n) is 1.90. The van der Waals surface area contributed by atoms with Gasteiger partial charge in [0.2, 0.25) is 11.8 Å². The average molecular weight is 324 g/mol. The van der Waals surface area contributed by atoms with Gasteiger partial charge in [-0.25, -0.2) is 0 Å². The fraction of sp³-hybridized carbons (Fsp3) is 0.167. The molecule has 0 radical (unpaired) electrons. The van der Waals surface area contributed by atoms with Crippen LogP contribution in [0.4, 0.5) is 11.4 Å². The zero-order valence-electron chi connectivity index (χ0n) is 13.5. The van der Waals surface area contributed by atoms with Gasteiger partial charge in [0, 0.05) is 11.4 Å². The lowest BCUT2D eigenvalue weighted by atomic mass is 10.3. The third kappa shape index (κ3) is 6.31. The molecule has 2 aromatic carbocycles. The Morgan fingerprint density at radius 1 is 0.833 bits per heavy atom. The van der Waals surface area contributed by atoms with Gasteiger partial charge in [0.05, 0.1) is 12.4 Å². The van der Waals surface area contributed by atoms with Gasteiger partial charge in [-0.15, -0.1) is 0 Å². The van der Waals surface area contributed by atoms with Crippen LogP contribution in [0.1, 0.15) is 6.92 Å². The molecule has 0 aliphatic carbocycles. The molecule has 0 bridgehead atoms. The zero-order chi connectivity index (χ0) is 17.2. The number of rotatable bonds is 6. The lowest BCUT2D eigenvalue weighted by Gasteiger charge is -2.07. The standard InChI is InChI=1S/C18H20N4O2/c1-14(19-12-17(23)21-15-8-4-2-5-9-15)20-13-18(24)22-16-10-6-3-7-11-16/h2-11H,12-13H2,1H3,(H,19,20)(H,21,23)(H,22,24). The predicted octanol–water partition coefficient (Wildman–Crippen LogP) is 2.27. The number of benzene rings is 2. The van der Waals surface area contributed by atoms with E-state index in [0.29, 0.717) is 5.84 Å². The number of amides is 2. The number of para-hydroxylation sites is 2. The number of carbonyl (C=O) groups excluding carboxylic acids is 2. The van der Waals surface area contributed by atoms with E-state index in [2.05, 4.69) is 20.9 Å². The van der Waals surface area contributed by atoms with Crippen molar-refractivity contribution in [3.05, 3.63) is 60.7 Å². The number of nitrogens with one attached hydrogen (secondary N) is 3. The van der Waals surface area contributed by atoms with Crippen molar-refractivity contribution in [2.75, 3.05) is 23.7 Å². The molecule has 6 nitrogen and oxygen atoms in total. The Morgan fingerprint density at radius 2 is 1.33 bits per heavy atom. The maximum Gasteiger partial charge on any atom is 0.246 e. The second-order valence-electron chi connectivity index (χ2n) is 5.08. The summed E-state index contributed by atoms with van der Waals surface area (Å²) in [5, 5.41) is 8.38. The van der Waals surface area contributed by atoms with E-state index in [1.165, 1.54) is 0 Å². The van der Waals surface area contributed by atoms with Gasteiger partial charge >= 0.3 is 0 Å². The van der Waals surface area contributed by atoms with E-state index in [1.807, 2.05) is 48.5 Å². The average Bonchev–Trinajstić information content (AvgIpc) is 2.60. The van der Waals surface area contributed by atoms with Crippen LogP contribution in [0.2, 0.25) is 0 Å². The molecule has 0 fully saturated rings.